The van der Waals surface area contributed by atoms with Crippen LogP contribution in [0.2, 0.25) is 0 Å². The Balaban J connectivity index is 2.12. The SMILES string of the molecule is CCc1sc(C(=O)n2nc(N)c3ccccc32)cc1C. The molecule has 0 aliphatic heterocycles. The number of aromatic nitrogens is 2. The van der Waals surface area contributed by atoms with Gasteiger partial charge in [-0.15, -0.1) is 16.4 Å². The highest BCUT2D eigenvalue weighted by Gasteiger charge is 2.18. The third-order valence-electron chi connectivity index (χ3n) is 3.36. The lowest BCUT2D eigenvalue weighted by Crippen LogP contribution is -2.12. The highest BCUT2D eigenvalue weighted by atomic mass is 32.1. The minimum Gasteiger partial charge on any atom is -0.382 e. The summed E-state index contributed by atoms with van der Waals surface area (Å²) in [6, 6.07) is 9.43. The van der Waals surface area contributed by atoms with Crippen LogP contribution in [0.3, 0.4) is 0 Å². The fourth-order valence-corrected chi connectivity index (χ4v) is 3.37. The Morgan fingerprint density at radius 3 is 2.85 bits per heavy atom. The molecule has 5 heteroatoms. The van der Waals surface area contributed by atoms with Crippen molar-refractivity contribution >= 4 is 34.0 Å². The molecular formula is C15H15N3OS. The van der Waals surface area contributed by atoms with E-state index in [0.29, 0.717) is 10.7 Å². The van der Waals surface area contributed by atoms with E-state index in [4.69, 9.17) is 5.73 Å². The predicted molar refractivity (Wildman–Crippen MR) is 82.3 cm³/mol. The number of rotatable bonds is 2. The smallest absolute Gasteiger partial charge is 0.288 e. The summed E-state index contributed by atoms with van der Waals surface area (Å²) >= 11 is 1.53. The van der Waals surface area contributed by atoms with Crippen LogP contribution in [0.15, 0.2) is 30.3 Å². The summed E-state index contributed by atoms with van der Waals surface area (Å²) in [5, 5.41) is 4.99. The van der Waals surface area contributed by atoms with Crippen molar-refractivity contribution in [2.75, 3.05) is 5.73 Å². The molecular weight excluding hydrogens is 270 g/mol. The van der Waals surface area contributed by atoms with Crippen LogP contribution >= 0.6 is 11.3 Å². The van der Waals surface area contributed by atoms with Gasteiger partial charge < -0.3 is 5.73 Å². The number of benzene rings is 1. The molecule has 0 aliphatic rings. The standard InChI is InChI=1S/C15H15N3OS/c1-3-12-9(2)8-13(20-12)15(19)18-11-7-5-4-6-10(11)14(16)17-18/h4-8H,3H2,1-2H3,(H2,16,17). The van der Waals surface area contributed by atoms with E-state index in [2.05, 4.69) is 12.0 Å². The maximum atomic E-state index is 12.6. The summed E-state index contributed by atoms with van der Waals surface area (Å²) in [5.74, 6) is 0.267. The first-order chi connectivity index (χ1) is 9.61. The molecule has 4 nitrogen and oxygen atoms in total. The average molecular weight is 285 g/mol. The van der Waals surface area contributed by atoms with Gasteiger partial charge in [0.1, 0.15) is 0 Å². The summed E-state index contributed by atoms with van der Waals surface area (Å²) < 4.78 is 1.40. The maximum absolute atomic E-state index is 12.6. The zero-order chi connectivity index (χ0) is 14.3. The van der Waals surface area contributed by atoms with Crippen LogP contribution in [-0.2, 0) is 6.42 Å². The van der Waals surface area contributed by atoms with Crippen LogP contribution in [0.1, 0.15) is 27.0 Å². The van der Waals surface area contributed by atoms with E-state index in [1.54, 1.807) is 0 Å². The van der Waals surface area contributed by atoms with Gasteiger partial charge in [0.2, 0.25) is 0 Å². The molecule has 3 rings (SSSR count). The van der Waals surface area contributed by atoms with E-state index < -0.39 is 0 Å². The van der Waals surface area contributed by atoms with Crippen LogP contribution in [-0.4, -0.2) is 15.7 Å². The fourth-order valence-electron chi connectivity index (χ4n) is 2.33. The number of nitrogen functional groups attached to an aromatic ring is 1. The number of fused-ring (bicyclic) bond motifs is 1. The summed E-state index contributed by atoms with van der Waals surface area (Å²) in [4.78, 5) is 14.5. The number of anilines is 1. The Kier molecular flexibility index (Phi) is 3.06. The number of carbonyl (C=O) groups excluding carboxylic acids is 1. The zero-order valence-electron chi connectivity index (χ0n) is 11.4. The number of aryl methyl sites for hydroxylation is 2. The van der Waals surface area contributed by atoms with Crippen LogP contribution in [0.5, 0.6) is 0 Å². The first-order valence-corrected chi connectivity index (χ1v) is 7.30. The number of carbonyl (C=O) groups is 1. The van der Waals surface area contributed by atoms with Gasteiger partial charge in [0.25, 0.3) is 5.91 Å². The normalized spacial score (nSPS) is 11.1. The third-order valence-corrected chi connectivity index (χ3v) is 4.73. The highest BCUT2D eigenvalue weighted by Crippen LogP contribution is 2.26. The molecule has 0 radical (unpaired) electrons. The van der Waals surface area contributed by atoms with Crippen molar-refractivity contribution < 1.29 is 4.79 Å². The second-order valence-corrected chi connectivity index (χ2v) is 5.83. The first kappa shape index (κ1) is 12.9. The van der Waals surface area contributed by atoms with Gasteiger partial charge in [-0.1, -0.05) is 19.1 Å². The predicted octanol–water partition coefficient (Wildman–Crippen LogP) is 3.24. The Hall–Kier alpha value is -2.14. The zero-order valence-corrected chi connectivity index (χ0v) is 12.2. The van der Waals surface area contributed by atoms with Crippen LogP contribution in [0, 0.1) is 6.92 Å². The number of para-hydroxylation sites is 1. The maximum Gasteiger partial charge on any atom is 0.288 e. The molecule has 102 valence electrons. The summed E-state index contributed by atoms with van der Waals surface area (Å²) in [6.45, 7) is 4.12. The second-order valence-electron chi connectivity index (χ2n) is 4.69. The molecule has 0 bridgehead atoms. The molecule has 20 heavy (non-hydrogen) atoms. The molecule has 0 saturated heterocycles. The topological polar surface area (TPSA) is 60.9 Å². The minimum absolute atomic E-state index is 0.120. The van der Waals surface area contributed by atoms with Gasteiger partial charge in [0.05, 0.1) is 10.4 Å². The highest BCUT2D eigenvalue weighted by molar-refractivity contribution is 7.14. The monoisotopic (exact) mass is 285 g/mol. The molecule has 0 atom stereocenters. The molecule has 2 heterocycles. The Bertz CT molecular complexity index is 801. The van der Waals surface area contributed by atoms with Crippen molar-refractivity contribution in [1.82, 2.24) is 9.78 Å². The molecule has 1 aromatic carbocycles. The van der Waals surface area contributed by atoms with Crippen molar-refractivity contribution in [3.05, 3.63) is 45.6 Å². The first-order valence-electron chi connectivity index (χ1n) is 6.49. The molecule has 0 aliphatic carbocycles. The Morgan fingerprint density at radius 1 is 1.40 bits per heavy atom. The van der Waals surface area contributed by atoms with Gasteiger partial charge in [0.15, 0.2) is 5.82 Å². The van der Waals surface area contributed by atoms with Gasteiger partial charge in [-0.25, -0.2) is 0 Å². The quantitative estimate of drug-likeness (QED) is 0.786. The Morgan fingerprint density at radius 2 is 2.15 bits per heavy atom. The number of thiophene rings is 1. The van der Waals surface area contributed by atoms with Gasteiger partial charge in [0, 0.05) is 10.3 Å². The molecule has 2 N–H and O–H groups in total. The summed E-state index contributed by atoms with van der Waals surface area (Å²) in [5.41, 5.74) is 7.78. The van der Waals surface area contributed by atoms with E-state index in [0.717, 1.165) is 22.9 Å². The lowest BCUT2D eigenvalue weighted by Gasteiger charge is -1.99. The van der Waals surface area contributed by atoms with E-state index in [1.807, 2.05) is 37.3 Å². The second kappa shape index (κ2) is 4.76. The van der Waals surface area contributed by atoms with Crippen molar-refractivity contribution in [2.45, 2.75) is 20.3 Å². The van der Waals surface area contributed by atoms with Gasteiger partial charge in [-0.3, -0.25) is 4.79 Å². The van der Waals surface area contributed by atoms with E-state index >= 15 is 0 Å². The van der Waals surface area contributed by atoms with Crippen molar-refractivity contribution in [2.24, 2.45) is 0 Å². The number of hydrogen-bond acceptors (Lipinski definition) is 4. The third kappa shape index (κ3) is 1.91. The molecule has 0 fully saturated rings. The molecule has 3 aromatic rings. The van der Waals surface area contributed by atoms with Crippen LogP contribution in [0.4, 0.5) is 5.82 Å². The van der Waals surface area contributed by atoms with E-state index in [1.165, 1.54) is 20.9 Å². The van der Waals surface area contributed by atoms with Crippen LogP contribution in [0.25, 0.3) is 10.9 Å². The van der Waals surface area contributed by atoms with Crippen molar-refractivity contribution in [3.63, 3.8) is 0 Å². The van der Waals surface area contributed by atoms with Gasteiger partial charge in [-0.2, -0.15) is 4.68 Å². The lowest BCUT2D eigenvalue weighted by molar-refractivity contribution is 0.0955. The molecule has 2 aromatic heterocycles. The fraction of sp³-hybridized carbons (Fsp3) is 0.200. The summed E-state index contributed by atoms with van der Waals surface area (Å²) in [6.07, 6.45) is 0.936. The van der Waals surface area contributed by atoms with Crippen molar-refractivity contribution in [3.8, 4) is 0 Å². The van der Waals surface area contributed by atoms with E-state index in [9.17, 15) is 4.79 Å². The largest absolute Gasteiger partial charge is 0.382 e. The molecule has 0 amide bonds. The average Bonchev–Trinajstić information content (AvgIpc) is 3.00. The number of hydrogen-bond donors (Lipinski definition) is 1. The molecule has 0 unspecified atom stereocenters. The van der Waals surface area contributed by atoms with Gasteiger partial charge in [-0.05, 0) is 37.1 Å². The van der Waals surface area contributed by atoms with Crippen molar-refractivity contribution in [1.29, 1.82) is 0 Å². The molecule has 0 spiro atoms. The minimum atomic E-state index is -0.120. The van der Waals surface area contributed by atoms with E-state index in [-0.39, 0.29) is 5.91 Å². The summed E-state index contributed by atoms with van der Waals surface area (Å²) in [7, 11) is 0. The number of nitrogens with zero attached hydrogens (tertiary/aromatic N) is 2. The molecule has 0 saturated carbocycles. The Labute approximate surface area is 120 Å². The van der Waals surface area contributed by atoms with Crippen LogP contribution < -0.4 is 5.73 Å². The number of nitrogens with two attached hydrogens (primary N) is 1. The van der Waals surface area contributed by atoms with Gasteiger partial charge >= 0.3 is 0 Å². The lowest BCUT2D eigenvalue weighted by atomic mass is 10.2.